The largest absolute Gasteiger partial charge is 0.493 e. The predicted octanol–water partition coefficient (Wildman–Crippen LogP) is 4.85. The van der Waals surface area contributed by atoms with Gasteiger partial charge in [-0.2, -0.15) is 0 Å². The lowest BCUT2D eigenvalue weighted by Gasteiger charge is -2.32. The van der Waals surface area contributed by atoms with E-state index in [9.17, 15) is 18.0 Å². The second-order valence-corrected chi connectivity index (χ2v) is 12.0. The van der Waals surface area contributed by atoms with Crippen molar-refractivity contribution in [3.63, 3.8) is 0 Å². The molecular formula is C32H41N3O6S. The van der Waals surface area contributed by atoms with Gasteiger partial charge in [0.1, 0.15) is 12.6 Å². The zero-order chi connectivity index (χ0) is 30.9. The van der Waals surface area contributed by atoms with Gasteiger partial charge >= 0.3 is 0 Å². The van der Waals surface area contributed by atoms with E-state index in [4.69, 9.17) is 9.47 Å². The van der Waals surface area contributed by atoms with Crippen LogP contribution in [0.3, 0.4) is 0 Å². The number of hydrogen-bond donors (Lipinski definition) is 1. The van der Waals surface area contributed by atoms with Crippen molar-refractivity contribution in [3.8, 4) is 11.5 Å². The van der Waals surface area contributed by atoms with Crippen molar-refractivity contribution in [2.24, 2.45) is 0 Å². The van der Waals surface area contributed by atoms with Gasteiger partial charge in [0, 0.05) is 19.2 Å². The van der Waals surface area contributed by atoms with Crippen LogP contribution in [0.4, 0.5) is 5.69 Å². The van der Waals surface area contributed by atoms with Crippen molar-refractivity contribution in [1.82, 2.24) is 10.2 Å². The Labute approximate surface area is 249 Å². The maximum Gasteiger partial charge on any atom is 0.264 e. The number of nitrogens with zero attached hydrogens (tertiary/aromatic N) is 2. The van der Waals surface area contributed by atoms with Crippen molar-refractivity contribution in [3.05, 3.63) is 83.4 Å². The smallest absolute Gasteiger partial charge is 0.264 e. The van der Waals surface area contributed by atoms with Gasteiger partial charge in [-0.05, 0) is 62.6 Å². The lowest BCUT2D eigenvalue weighted by atomic mass is 10.1. The number of aryl methyl sites for hydroxylation is 2. The second-order valence-electron chi connectivity index (χ2n) is 10.1. The van der Waals surface area contributed by atoms with Gasteiger partial charge in [-0.3, -0.25) is 13.9 Å². The van der Waals surface area contributed by atoms with Crippen molar-refractivity contribution >= 4 is 27.5 Å². The molecule has 226 valence electrons. The van der Waals surface area contributed by atoms with Crippen molar-refractivity contribution in [2.45, 2.75) is 58.0 Å². The topological polar surface area (TPSA) is 105 Å². The minimum Gasteiger partial charge on any atom is -0.493 e. The van der Waals surface area contributed by atoms with Crippen LogP contribution >= 0.6 is 0 Å². The summed E-state index contributed by atoms with van der Waals surface area (Å²) in [4.78, 5) is 28.6. The molecule has 1 unspecified atom stereocenters. The molecule has 2 amide bonds. The summed E-state index contributed by atoms with van der Waals surface area (Å²) in [7, 11) is -1.36. The van der Waals surface area contributed by atoms with Crippen LogP contribution in [0.15, 0.2) is 71.6 Å². The number of methoxy groups -OCH3 is 2. The maximum atomic E-state index is 14.1. The molecule has 0 aliphatic rings. The predicted molar refractivity (Wildman–Crippen MR) is 164 cm³/mol. The monoisotopic (exact) mass is 595 g/mol. The highest BCUT2D eigenvalue weighted by molar-refractivity contribution is 7.92. The number of rotatable bonds is 14. The van der Waals surface area contributed by atoms with Gasteiger partial charge in [0.25, 0.3) is 10.0 Å². The average molecular weight is 596 g/mol. The van der Waals surface area contributed by atoms with Crippen LogP contribution in [0.1, 0.15) is 43.4 Å². The van der Waals surface area contributed by atoms with Crippen LogP contribution in [0, 0.1) is 13.8 Å². The number of amides is 2. The normalized spacial score (nSPS) is 11.9. The van der Waals surface area contributed by atoms with E-state index in [1.807, 2.05) is 45.0 Å². The number of benzene rings is 3. The highest BCUT2D eigenvalue weighted by Crippen LogP contribution is 2.32. The summed E-state index contributed by atoms with van der Waals surface area (Å²) in [6.07, 6.45) is 1.73. The summed E-state index contributed by atoms with van der Waals surface area (Å²) < 4.78 is 39.9. The van der Waals surface area contributed by atoms with E-state index in [-0.39, 0.29) is 23.1 Å². The Morgan fingerprint density at radius 1 is 0.929 bits per heavy atom. The SMILES string of the molecule is CCCCNC(=O)C(C)N(Cc1ccccc1C)C(=O)CN(c1ccc(C)cc1)S(=O)(=O)c1ccc(OC)c(OC)c1. The van der Waals surface area contributed by atoms with Crippen LogP contribution in [0.25, 0.3) is 0 Å². The fourth-order valence-electron chi connectivity index (χ4n) is 4.43. The molecular weight excluding hydrogens is 554 g/mol. The maximum absolute atomic E-state index is 14.1. The van der Waals surface area contributed by atoms with Crippen LogP contribution in [-0.2, 0) is 26.2 Å². The lowest BCUT2D eigenvalue weighted by Crippen LogP contribution is -2.51. The van der Waals surface area contributed by atoms with E-state index >= 15 is 0 Å². The molecule has 0 saturated carbocycles. The molecule has 0 bridgehead atoms. The zero-order valence-electron chi connectivity index (χ0n) is 25.2. The molecule has 0 aliphatic heterocycles. The fourth-order valence-corrected chi connectivity index (χ4v) is 5.86. The first kappa shape index (κ1) is 32.5. The van der Waals surface area contributed by atoms with E-state index in [1.165, 1.54) is 37.3 Å². The third kappa shape index (κ3) is 7.82. The molecule has 42 heavy (non-hydrogen) atoms. The van der Waals surface area contributed by atoms with Crippen LogP contribution in [0.5, 0.6) is 11.5 Å². The molecule has 0 spiro atoms. The number of nitrogens with one attached hydrogen (secondary N) is 1. The Balaban J connectivity index is 2.05. The Morgan fingerprint density at radius 3 is 2.21 bits per heavy atom. The Morgan fingerprint density at radius 2 is 1.60 bits per heavy atom. The Hall–Kier alpha value is -4.05. The summed E-state index contributed by atoms with van der Waals surface area (Å²) in [5.41, 5.74) is 3.08. The molecule has 0 radical (unpaired) electrons. The lowest BCUT2D eigenvalue weighted by molar-refractivity contribution is -0.139. The number of anilines is 1. The molecule has 9 nitrogen and oxygen atoms in total. The van der Waals surface area contributed by atoms with Gasteiger partial charge < -0.3 is 19.7 Å². The molecule has 0 aromatic heterocycles. The van der Waals surface area contributed by atoms with E-state index in [0.717, 1.165) is 33.8 Å². The number of sulfonamides is 1. The minimum atomic E-state index is -4.25. The minimum absolute atomic E-state index is 0.0654. The van der Waals surface area contributed by atoms with Crippen molar-refractivity contribution in [1.29, 1.82) is 0 Å². The van der Waals surface area contributed by atoms with Crippen LogP contribution in [0.2, 0.25) is 0 Å². The first-order valence-corrected chi connectivity index (χ1v) is 15.4. The molecule has 0 heterocycles. The molecule has 3 rings (SSSR count). The van der Waals surface area contributed by atoms with Gasteiger partial charge in [-0.1, -0.05) is 55.3 Å². The quantitative estimate of drug-likeness (QED) is 0.267. The van der Waals surface area contributed by atoms with Crippen molar-refractivity contribution in [2.75, 3.05) is 31.6 Å². The van der Waals surface area contributed by atoms with Crippen molar-refractivity contribution < 1.29 is 27.5 Å². The highest BCUT2D eigenvalue weighted by Gasteiger charge is 2.33. The van der Waals surface area contributed by atoms with Gasteiger partial charge in [-0.15, -0.1) is 0 Å². The molecule has 3 aromatic rings. The summed E-state index contributed by atoms with van der Waals surface area (Å²) in [6.45, 7) is 7.65. The first-order valence-electron chi connectivity index (χ1n) is 14.0. The standard InChI is InChI=1S/C32H41N3O6S/c1-7-8-19-33-32(37)25(4)34(21-26-12-10-9-11-24(26)3)31(36)22-35(27-15-13-23(2)14-16-27)42(38,39)28-17-18-29(40-5)30(20-28)41-6/h9-18,20,25H,7-8,19,21-22H2,1-6H3,(H,33,37). The highest BCUT2D eigenvalue weighted by atomic mass is 32.2. The number of carbonyl (C=O) groups excluding carboxylic acids is 2. The molecule has 0 aliphatic carbocycles. The third-order valence-corrected chi connectivity index (χ3v) is 8.91. The molecule has 0 saturated heterocycles. The summed E-state index contributed by atoms with van der Waals surface area (Å²) in [5, 5.41) is 2.90. The molecule has 10 heteroatoms. The van der Waals surface area contributed by atoms with Crippen LogP contribution < -0.4 is 19.1 Å². The average Bonchev–Trinajstić information content (AvgIpc) is 2.99. The van der Waals surface area contributed by atoms with Gasteiger partial charge in [0.2, 0.25) is 11.8 Å². The van der Waals surface area contributed by atoms with Gasteiger partial charge in [0.05, 0.1) is 24.8 Å². The molecule has 0 fully saturated rings. The number of ether oxygens (including phenoxy) is 2. The van der Waals surface area contributed by atoms with E-state index in [0.29, 0.717) is 18.0 Å². The molecule has 1 N–H and O–H groups in total. The Kier molecular flexibility index (Phi) is 11.4. The van der Waals surface area contributed by atoms with E-state index < -0.39 is 28.5 Å². The van der Waals surface area contributed by atoms with Gasteiger partial charge in [-0.25, -0.2) is 8.42 Å². The number of carbonyl (C=O) groups is 2. The molecule has 3 aromatic carbocycles. The Bertz CT molecular complexity index is 1470. The second kappa shape index (κ2) is 14.7. The van der Waals surface area contributed by atoms with Gasteiger partial charge in [0.15, 0.2) is 11.5 Å². The summed E-state index contributed by atoms with van der Waals surface area (Å²) in [5.74, 6) is -0.190. The zero-order valence-corrected chi connectivity index (χ0v) is 26.0. The van der Waals surface area contributed by atoms with Crippen LogP contribution in [-0.4, -0.2) is 58.5 Å². The third-order valence-electron chi connectivity index (χ3n) is 7.14. The molecule has 1 atom stereocenters. The first-order chi connectivity index (χ1) is 20.0. The van der Waals surface area contributed by atoms with E-state index in [1.54, 1.807) is 31.2 Å². The fraction of sp³-hybridized carbons (Fsp3) is 0.375. The van der Waals surface area contributed by atoms with E-state index in [2.05, 4.69) is 5.32 Å². The summed E-state index contributed by atoms with van der Waals surface area (Å²) >= 11 is 0. The number of unbranched alkanes of at least 4 members (excludes halogenated alkanes) is 1. The summed E-state index contributed by atoms with van der Waals surface area (Å²) in [6, 6.07) is 18.0. The number of hydrogen-bond acceptors (Lipinski definition) is 6.